The van der Waals surface area contributed by atoms with Crippen LogP contribution in [-0.4, -0.2) is 28.9 Å². The number of thiazole rings is 1. The molecule has 0 unspecified atom stereocenters. The summed E-state index contributed by atoms with van der Waals surface area (Å²) < 4.78 is 5.73. The number of likely N-dealkylation sites (tertiary alicyclic amines) is 1. The summed E-state index contributed by atoms with van der Waals surface area (Å²) in [5.41, 5.74) is 2.43. The number of nitrogens with zero attached hydrogens (tertiary/aromatic N) is 2. The van der Waals surface area contributed by atoms with Crippen LogP contribution in [0.25, 0.3) is 11.0 Å². The number of hydrogen-bond donors (Lipinski definition) is 1. The number of hydrogen-bond acceptors (Lipinski definition) is 5. The molecule has 142 valence electrons. The zero-order valence-corrected chi connectivity index (χ0v) is 17.0. The fraction of sp³-hybridized carbons (Fsp3) is 0.400. The SMILES string of the molecule is Cc1c(C(=O)Nc2nc(CN3CCC[C@@H](C)C3)cs2)oc2ccc(Cl)cc12. The van der Waals surface area contributed by atoms with Crippen LogP contribution in [0.4, 0.5) is 5.13 Å². The molecule has 0 bridgehead atoms. The van der Waals surface area contributed by atoms with Crippen molar-refractivity contribution < 1.29 is 9.21 Å². The number of anilines is 1. The summed E-state index contributed by atoms with van der Waals surface area (Å²) >= 11 is 7.49. The van der Waals surface area contributed by atoms with Crippen molar-refractivity contribution in [2.75, 3.05) is 18.4 Å². The third-order valence-corrected chi connectivity index (χ3v) is 6.05. The van der Waals surface area contributed by atoms with Crippen molar-refractivity contribution in [3.05, 3.63) is 45.6 Å². The van der Waals surface area contributed by atoms with Gasteiger partial charge in [0.05, 0.1) is 5.69 Å². The Labute approximate surface area is 167 Å². The van der Waals surface area contributed by atoms with E-state index in [0.29, 0.717) is 21.5 Å². The fourth-order valence-electron chi connectivity index (χ4n) is 3.66. The lowest BCUT2D eigenvalue weighted by atomic mass is 10.0. The van der Waals surface area contributed by atoms with E-state index in [1.54, 1.807) is 12.1 Å². The molecule has 3 heterocycles. The van der Waals surface area contributed by atoms with Crippen molar-refractivity contribution in [1.29, 1.82) is 0 Å². The summed E-state index contributed by atoms with van der Waals surface area (Å²) in [5.74, 6) is 0.752. The molecule has 1 N–H and O–H groups in total. The number of amides is 1. The average molecular weight is 404 g/mol. The molecule has 1 aliphatic rings. The Morgan fingerprint density at radius 1 is 1.48 bits per heavy atom. The van der Waals surface area contributed by atoms with Crippen LogP contribution in [0.3, 0.4) is 0 Å². The number of piperidine rings is 1. The lowest BCUT2D eigenvalue weighted by Crippen LogP contribution is -2.33. The van der Waals surface area contributed by atoms with E-state index in [1.807, 2.05) is 18.4 Å². The Balaban J connectivity index is 1.46. The topological polar surface area (TPSA) is 58.4 Å². The third kappa shape index (κ3) is 4.03. The van der Waals surface area contributed by atoms with E-state index in [-0.39, 0.29) is 5.91 Å². The highest BCUT2D eigenvalue weighted by atomic mass is 35.5. The van der Waals surface area contributed by atoms with Gasteiger partial charge in [-0.3, -0.25) is 15.0 Å². The Morgan fingerprint density at radius 2 is 2.33 bits per heavy atom. The second-order valence-corrected chi connectivity index (χ2v) is 8.57. The highest BCUT2D eigenvalue weighted by Crippen LogP contribution is 2.29. The maximum absolute atomic E-state index is 12.7. The minimum atomic E-state index is -0.285. The Kier molecular flexibility index (Phi) is 5.21. The second-order valence-electron chi connectivity index (χ2n) is 7.28. The van der Waals surface area contributed by atoms with Gasteiger partial charge < -0.3 is 4.42 Å². The van der Waals surface area contributed by atoms with Crippen LogP contribution < -0.4 is 5.32 Å². The highest BCUT2D eigenvalue weighted by Gasteiger charge is 2.20. The average Bonchev–Trinajstić information content (AvgIpc) is 3.19. The van der Waals surface area contributed by atoms with Crippen LogP contribution in [0.1, 0.15) is 41.6 Å². The number of halogens is 1. The van der Waals surface area contributed by atoms with Gasteiger partial charge in [0.15, 0.2) is 10.9 Å². The lowest BCUT2D eigenvalue weighted by molar-refractivity contribution is 0.0998. The first-order chi connectivity index (χ1) is 13.0. The lowest BCUT2D eigenvalue weighted by Gasteiger charge is -2.30. The maximum atomic E-state index is 12.7. The molecule has 1 fully saturated rings. The zero-order valence-electron chi connectivity index (χ0n) is 15.4. The Bertz CT molecular complexity index is 981. The van der Waals surface area contributed by atoms with Crippen molar-refractivity contribution in [3.63, 3.8) is 0 Å². The largest absolute Gasteiger partial charge is 0.451 e. The van der Waals surface area contributed by atoms with E-state index in [1.165, 1.54) is 24.2 Å². The van der Waals surface area contributed by atoms with Gasteiger partial charge in [0.2, 0.25) is 0 Å². The molecular weight excluding hydrogens is 382 g/mol. The molecule has 0 radical (unpaired) electrons. The van der Waals surface area contributed by atoms with Crippen LogP contribution in [0, 0.1) is 12.8 Å². The van der Waals surface area contributed by atoms with Crippen LogP contribution in [-0.2, 0) is 6.54 Å². The van der Waals surface area contributed by atoms with Gasteiger partial charge in [0, 0.05) is 34.4 Å². The normalized spacial score (nSPS) is 18.1. The van der Waals surface area contributed by atoms with Crippen molar-refractivity contribution in [3.8, 4) is 0 Å². The zero-order chi connectivity index (χ0) is 19.0. The Hall–Kier alpha value is -1.89. The van der Waals surface area contributed by atoms with Gasteiger partial charge in [0.25, 0.3) is 5.91 Å². The number of fused-ring (bicyclic) bond motifs is 1. The summed E-state index contributed by atoms with van der Waals surface area (Å²) in [4.78, 5) is 19.7. The van der Waals surface area contributed by atoms with Gasteiger partial charge in [-0.25, -0.2) is 4.98 Å². The number of rotatable bonds is 4. The van der Waals surface area contributed by atoms with E-state index in [9.17, 15) is 4.79 Å². The van der Waals surface area contributed by atoms with Crippen LogP contribution >= 0.6 is 22.9 Å². The smallest absolute Gasteiger partial charge is 0.293 e. The van der Waals surface area contributed by atoms with E-state index >= 15 is 0 Å². The molecule has 3 aromatic rings. The first-order valence-electron chi connectivity index (χ1n) is 9.16. The van der Waals surface area contributed by atoms with Gasteiger partial charge in [-0.1, -0.05) is 18.5 Å². The van der Waals surface area contributed by atoms with Crippen LogP contribution in [0.5, 0.6) is 0 Å². The summed E-state index contributed by atoms with van der Waals surface area (Å²) in [5, 5.41) is 6.95. The van der Waals surface area contributed by atoms with Crippen molar-refractivity contribution in [1.82, 2.24) is 9.88 Å². The summed E-state index contributed by atoms with van der Waals surface area (Å²) in [7, 11) is 0. The molecule has 27 heavy (non-hydrogen) atoms. The van der Waals surface area contributed by atoms with Crippen LogP contribution in [0.2, 0.25) is 5.02 Å². The Morgan fingerprint density at radius 3 is 3.15 bits per heavy atom. The molecule has 0 spiro atoms. The van der Waals surface area contributed by atoms with Gasteiger partial charge in [-0.05, 0) is 50.4 Å². The molecule has 7 heteroatoms. The molecule has 1 aromatic carbocycles. The molecule has 4 rings (SSSR count). The standard InChI is InChI=1S/C20H22ClN3O2S/c1-12-4-3-7-24(9-12)10-15-11-27-20(22-15)23-19(25)18-13(2)16-8-14(21)5-6-17(16)26-18/h5-6,8,11-12H,3-4,7,9-10H2,1-2H3,(H,22,23,25)/t12-/m1/s1. The van der Waals surface area contributed by atoms with Gasteiger partial charge in [0.1, 0.15) is 5.58 Å². The van der Waals surface area contributed by atoms with E-state index < -0.39 is 0 Å². The third-order valence-electron chi connectivity index (χ3n) is 5.00. The number of aryl methyl sites for hydroxylation is 1. The highest BCUT2D eigenvalue weighted by molar-refractivity contribution is 7.14. The predicted octanol–water partition coefficient (Wildman–Crippen LogP) is 5.34. The summed E-state index contributed by atoms with van der Waals surface area (Å²) in [6, 6.07) is 5.35. The second kappa shape index (κ2) is 7.62. The minimum Gasteiger partial charge on any atom is -0.451 e. The van der Waals surface area contributed by atoms with E-state index in [0.717, 1.165) is 42.2 Å². The quantitative estimate of drug-likeness (QED) is 0.639. The number of carbonyl (C=O) groups excluding carboxylic acids is 1. The predicted molar refractivity (Wildman–Crippen MR) is 110 cm³/mol. The summed E-state index contributed by atoms with van der Waals surface area (Å²) in [6.07, 6.45) is 2.54. The van der Waals surface area contributed by atoms with Gasteiger partial charge >= 0.3 is 0 Å². The maximum Gasteiger partial charge on any atom is 0.293 e. The first kappa shape index (κ1) is 18.5. The van der Waals surface area contributed by atoms with Crippen LogP contribution in [0.15, 0.2) is 28.0 Å². The monoisotopic (exact) mass is 403 g/mol. The van der Waals surface area contributed by atoms with Gasteiger partial charge in [-0.2, -0.15) is 0 Å². The molecule has 5 nitrogen and oxygen atoms in total. The number of benzene rings is 1. The number of nitrogens with one attached hydrogen (secondary N) is 1. The molecule has 1 aliphatic heterocycles. The minimum absolute atomic E-state index is 0.285. The van der Waals surface area contributed by atoms with E-state index in [2.05, 4.69) is 22.1 Å². The molecule has 1 amide bonds. The molecule has 1 saturated heterocycles. The molecule has 1 atom stereocenters. The molecular formula is C20H22ClN3O2S. The first-order valence-corrected chi connectivity index (χ1v) is 10.4. The van der Waals surface area contributed by atoms with Gasteiger partial charge in [-0.15, -0.1) is 11.3 Å². The van der Waals surface area contributed by atoms with E-state index in [4.69, 9.17) is 16.0 Å². The van der Waals surface area contributed by atoms with Crippen molar-refractivity contribution in [2.45, 2.75) is 33.2 Å². The van der Waals surface area contributed by atoms with Crippen molar-refractivity contribution in [2.24, 2.45) is 5.92 Å². The molecule has 0 saturated carbocycles. The number of furan rings is 1. The van der Waals surface area contributed by atoms with Crippen molar-refractivity contribution >= 4 is 44.9 Å². The number of carbonyl (C=O) groups is 1. The number of aromatic nitrogens is 1. The fourth-order valence-corrected chi connectivity index (χ4v) is 4.53. The summed E-state index contributed by atoms with van der Waals surface area (Å²) in [6.45, 7) is 7.21. The molecule has 2 aromatic heterocycles. The molecule has 0 aliphatic carbocycles.